The number of nitrogens with one attached hydrogen (secondary N) is 2. The molecular weight excluding hydrogens is 377 g/mol. The van der Waals surface area contributed by atoms with Crippen molar-refractivity contribution in [2.24, 2.45) is 11.5 Å². The van der Waals surface area contributed by atoms with E-state index in [9.17, 15) is 9.18 Å². The van der Waals surface area contributed by atoms with Crippen LogP contribution in [0.3, 0.4) is 0 Å². The van der Waals surface area contributed by atoms with E-state index in [4.69, 9.17) is 20.9 Å². The van der Waals surface area contributed by atoms with Gasteiger partial charge in [0, 0.05) is 36.0 Å². The van der Waals surface area contributed by atoms with Gasteiger partial charge < -0.3 is 31.6 Å². The third kappa shape index (κ3) is 5.05. The molecule has 1 amide bonds. The number of carbonyl (C=O) groups is 1. The van der Waals surface area contributed by atoms with Crippen molar-refractivity contribution in [2.45, 2.75) is 37.8 Å². The summed E-state index contributed by atoms with van der Waals surface area (Å²) in [4.78, 5) is 16.1. The molecule has 156 valence electrons. The third-order valence-corrected chi connectivity index (χ3v) is 4.97. The van der Waals surface area contributed by atoms with Crippen molar-refractivity contribution >= 4 is 23.2 Å². The van der Waals surface area contributed by atoms with Crippen LogP contribution in [-0.2, 0) is 0 Å². The second-order valence-corrected chi connectivity index (χ2v) is 7.06. The molecule has 0 unspecified atom stereocenters. The van der Waals surface area contributed by atoms with Gasteiger partial charge in [0.25, 0.3) is 5.91 Å². The van der Waals surface area contributed by atoms with Gasteiger partial charge in [0.1, 0.15) is 17.3 Å². The molecule has 1 fully saturated rings. The first-order valence-corrected chi connectivity index (χ1v) is 9.42. The molecule has 0 aliphatic heterocycles. The molecule has 3 rings (SSSR count). The number of anilines is 3. The summed E-state index contributed by atoms with van der Waals surface area (Å²) in [5.74, 6) is -0.124. The highest BCUT2D eigenvalue weighted by Gasteiger charge is 2.22. The van der Waals surface area contributed by atoms with Gasteiger partial charge in [-0.05, 0) is 31.7 Å². The van der Waals surface area contributed by atoms with Crippen molar-refractivity contribution in [3.05, 3.63) is 35.6 Å². The predicted octanol–water partition coefficient (Wildman–Crippen LogP) is 2.76. The molecule has 0 spiro atoms. The summed E-state index contributed by atoms with van der Waals surface area (Å²) in [6.07, 6.45) is 3.39. The summed E-state index contributed by atoms with van der Waals surface area (Å²) in [7, 11) is 3.06. The first-order chi connectivity index (χ1) is 13.9. The van der Waals surface area contributed by atoms with Crippen LogP contribution < -0.4 is 31.6 Å². The Kier molecular flexibility index (Phi) is 6.38. The molecular formula is C20H26FN5O3. The molecule has 1 aliphatic carbocycles. The lowest BCUT2D eigenvalue weighted by atomic mass is 9.92. The molecule has 0 radical (unpaired) electrons. The van der Waals surface area contributed by atoms with E-state index >= 15 is 0 Å². The van der Waals surface area contributed by atoms with E-state index in [1.54, 1.807) is 18.2 Å². The highest BCUT2D eigenvalue weighted by atomic mass is 19.1. The number of nitrogens with two attached hydrogens (primary N) is 2. The van der Waals surface area contributed by atoms with Crippen molar-refractivity contribution in [3.63, 3.8) is 0 Å². The number of carbonyl (C=O) groups excluding carboxylic acids is 1. The summed E-state index contributed by atoms with van der Waals surface area (Å²) in [5, 5.41) is 6.14. The summed E-state index contributed by atoms with van der Waals surface area (Å²) in [5.41, 5.74) is 11.9. The molecule has 0 saturated heterocycles. The lowest BCUT2D eigenvalue weighted by molar-refractivity contribution is 0.100. The predicted molar refractivity (Wildman–Crippen MR) is 109 cm³/mol. The Hall–Kier alpha value is -3.07. The zero-order chi connectivity index (χ0) is 21.0. The summed E-state index contributed by atoms with van der Waals surface area (Å²) >= 11 is 0. The average Bonchev–Trinajstić information content (AvgIpc) is 2.71. The number of rotatable bonds is 7. The molecule has 8 nitrogen and oxygen atoms in total. The van der Waals surface area contributed by atoms with Crippen molar-refractivity contribution in [1.82, 2.24) is 4.98 Å². The van der Waals surface area contributed by atoms with Gasteiger partial charge in [-0.2, -0.15) is 0 Å². The third-order valence-electron chi connectivity index (χ3n) is 4.97. The Labute approximate surface area is 168 Å². The maximum Gasteiger partial charge on any atom is 0.252 e. The van der Waals surface area contributed by atoms with Crippen LogP contribution in [0.1, 0.15) is 36.0 Å². The van der Waals surface area contributed by atoms with E-state index in [1.807, 2.05) is 0 Å². The van der Waals surface area contributed by atoms with E-state index in [1.165, 1.54) is 14.2 Å². The number of methoxy groups -OCH3 is 2. The van der Waals surface area contributed by atoms with Gasteiger partial charge in [0.05, 0.1) is 19.8 Å². The maximum absolute atomic E-state index is 14.6. The fourth-order valence-electron chi connectivity index (χ4n) is 3.35. The number of primary amides is 1. The second kappa shape index (κ2) is 8.95. The fourth-order valence-corrected chi connectivity index (χ4v) is 3.35. The maximum atomic E-state index is 14.6. The van der Waals surface area contributed by atoms with Gasteiger partial charge >= 0.3 is 0 Å². The molecule has 9 heteroatoms. The average molecular weight is 403 g/mol. The minimum Gasteiger partial charge on any atom is -0.497 e. The van der Waals surface area contributed by atoms with Crippen LogP contribution >= 0.6 is 0 Å². The lowest BCUT2D eigenvalue weighted by Crippen LogP contribution is -2.33. The smallest absolute Gasteiger partial charge is 0.252 e. The van der Waals surface area contributed by atoms with Crippen LogP contribution in [0.2, 0.25) is 0 Å². The monoisotopic (exact) mass is 403 g/mol. The van der Waals surface area contributed by atoms with Gasteiger partial charge in [0.2, 0.25) is 0 Å². The van der Waals surface area contributed by atoms with Gasteiger partial charge in [-0.1, -0.05) is 0 Å². The number of hydrogen-bond acceptors (Lipinski definition) is 7. The zero-order valence-electron chi connectivity index (χ0n) is 16.5. The molecule has 29 heavy (non-hydrogen) atoms. The Morgan fingerprint density at radius 2 is 1.69 bits per heavy atom. The lowest BCUT2D eigenvalue weighted by Gasteiger charge is -2.27. The van der Waals surface area contributed by atoms with Gasteiger partial charge in [-0.3, -0.25) is 4.79 Å². The molecule has 1 heterocycles. The Bertz CT molecular complexity index is 862. The summed E-state index contributed by atoms with van der Waals surface area (Å²) < 4.78 is 25.1. The van der Waals surface area contributed by atoms with E-state index in [2.05, 4.69) is 15.6 Å². The fraction of sp³-hybridized carbons (Fsp3) is 0.400. The standard InChI is InChI=1S/C20H26FN5O3/c1-28-14-7-13(8-15(9-14)29-2)25-19-16(18(23)27)10-17(21)20(26-19)24-12-5-3-11(22)4-6-12/h7-12H,3-6,22H2,1-2H3,(H2,23,27)(H2,24,25,26). The second-order valence-electron chi connectivity index (χ2n) is 7.06. The number of halogens is 1. The molecule has 1 aromatic heterocycles. The summed E-state index contributed by atoms with van der Waals surface area (Å²) in [6, 6.07) is 6.46. The van der Waals surface area contributed by atoms with Crippen LogP contribution in [0, 0.1) is 5.82 Å². The normalized spacial score (nSPS) is 18.8. The topological polar surface area (TPSA) is 125 Å². The number of amides is 1. The number of nitrogens with zero attached hydrogens (tertiary/aromatic N) is 1. The van der Waals surface area contributed by atoms with E-state index in [0.29, 0.717) is 17.2 Å². The molecule has 6 N–H and O–H groups in total. The van der Waals surface area contributed by atoms with Crippen molar-refractivity contribution < 1.29 is 18.7 Å². The molecule has 1 saturated carbocycles. The number of ether oxygens (including phenoxy) is 2. The van der Waals surface area contributed by atoms with Crippen LogP contribution in [0.25, 0.3) is 0 Å². The minimum absolute atomic E-state index is 0.0551. The van der Waals surface area contributed by atoms with Crippen molar-refractivity contribution in [1.29, 1.82) is 0 Å². The van der Waals surface area contributed by atoms with Crippen molar-refractivity contribution in [2.75, 3.05) is 24.9 Å². The largest absolute Gasteiger partial charge is 0.497 e. The molecule has 2 aromatic rings. The molecule has 1 aliphatic rings. The number of benzene rings is 1. The Morgan fingerprint density at radius 3 is 2.24 bits per heavy atom. The minimum atomic E-state index is -0.788. The molecule has 0 atom stereocenters. The molecule has 0 bridgehead atoms. The Balaban J connectivity index is 1.91. The quantitative estimate of drug-likeness (QED) is 0.560. The van der Waals surface area contributed by atoms with Crippen LogP contribution in [0.4, 0.5) is 21.7 Å². The Morgan fingerprint density at radius 1 is 1.07 bits per heavy atom. The number of pyridine rings is 1. The molecule has 1 aromatic carbocycles. The van der Waals surface area contributed by atoms with Gasteiger partial charge in [0.15, 0.2) is 11.6 Å². The van der Waals surface area contributed by atoms with E-state index in [-0.39, 0.29) is 29.3 Å². The SMILES string of the molecule is COc1cc(Nc2nc(NC3CCC(N)CC3)c(F)cc2C(N)=O)cc(OC)c1. The van der Waals surface area contributed by atoms with E-state index < -0.39 is 11.7 Å². The highest BCUT2D eigenvalue weighted by molar-refractivity contribution is 5.98. The zero-order valence-corrected chi connectivity index (χ0v) is 16.5. The van der Waals surface area contributed by atoms with Gasteiger partial charge in [-0.25, -0.2) is 9.37 Å². The number of aromatic nitrogens is 1. The van der Waals surface area contributed by atoms with Crippen LogP contribution in [0.15, 0.2) is 24.3 Å². The van der Waals surface area contributed by atoms with Gasteiger partial charge in [-0.15, -0.1) is 0 Å². The highest BCUT2D eigenvalue weighted by Crippen LogP contribution is 2.30. The summed E-state index contributed by atoms with van der Waals surface area (Å²) in [6.45, 7) is 0. The van der Waals surface area contributed by atoms with Crippen LogP contribution in [0.5, 0.6) is 11.5 Å². The van der Waals surface area contributed by atoms with E-state index in [0.717, 1.165) is 31.7 Å². The van der Waals surface area contributed by atoms with Crippen molar-refractivity contribution in [3.8, 4) is 11.5 Å². The first kappa shape index (κ1) is 20.7. The first-order valence-electron chi connectivity index (χ1n) is 9.42. The number of hydrogen-bond donors (Lipinski definition) is 4. The van der Waals surface area contributed by atoms with Crippen LogP contribution in [-0.4, -0.2) is 37.2 Å².